The molecule has 0 spiro atoms. The van der Waals surface area contributed by atoms with Crippen molar-refractivity contribution < 1.29 is 9.47 Å². The van der Waals surface area contributed by atoms with Crippen LogP contribution >= 0.6 is 0 Å². The lowest BCUT2D eigenvalue weighted by atomic mass is 9.94. The van der Waals surface area contributed by atoms with Crippen LogP contribution in [0.3, 0.4) is 0 Å². The Kier molecular flexibility index (Phi) is 3.13. The molecule has 1 atom stereocenters. The van der Waals surface area contributed by atoms with Crippen LogP contribution < -0.4 is 0 Å². The van der Waals surface area contributed by atoms with Gasteiger partial charge in [0.1, 0.15) is 0 Å². The second kappa shape index (κ2) is 3.75. The monoisotopic (exact) mass is 172 g/mol. The highest BCUT2D eigenvalue weighted by molar-refractivity contribution is 4.84. The molecule has 0 amide bonds. The topological polar surface area (TPSA) is 18.5 Å². The van der Waals surface area contributed by atoms with Crippen molar-refractivity contribution >= 4 is 0 Å². The van der Waals surface area contributed by atoms with Gasteiger partial charge in [0, 0.05) is 27.1 Å². The van der Waals surface area contributed by atoms with E-state index in [9.17, 15) is 0 Å². The first-order valence-corrected chi connectivity index (χ1v) is 4.74. The average Bonchev–Trinajstić information content (AvgIpc) is 2.49. The van der Waals surface area contributed by atoms with Gasteiger partial charge in [-0.2, -0.15) is 0 Å². The number of hydrogen-bond acceptors (Lipinski definition) is 2. The Morgan fingerprint density at radius 3 is 2.08 bits per heavy atom. The molecular weight excluding hydrogens is 152 g/mol. The van der Waals surface area contributed by atoms with E-state index >= 15 is 0 Å². The first kappa shape index (κ1) is 10.0. The number of ether oxygens (including phenoxy) is 2. The van der Waals surface area contributed by atoms with Gasteiger partial charge in [-0.15, -0.1) is 0 Å². The molecule has 0 aromatic rings. The molecule has 2 nitrogen and oxygen atoms in total. The molecule has 1 aliphatic carbocycles. The van der Waals surface area contributed by atoms with Crippen LogP contribution in [0.2, 0.25) is 0 Å². The third-order valence-electron chi connectivity index (χ3n) is 3.16. The minimum Gasteiger partial charge on any atom is -0.353 e. The predicted octanol–water partition coefficient (Wildman–Crippen LogP) is 2.43. The summed E-state index contributed by atoms with van der Waals surface area (Å²) < 4.78 is 10.8. The molecule has 72 valence electrons. The summed E-state index contributed by atoms with van der Waals surface area (Å²) in [5, 5.41) is 0. The molecule has 1 rings (SSSR count). The van der Waals surface area contributed by atoms with Crippen LogP contribution in [0, 0.1) is 11.8 Å². The summed E-state index contributed by atoms with van der Waals surface area (Å²) in [5.74, 6) is 1.25. The van der Waals surface area contributed by atoms with Gasteiger partial charge < -0.3 is 9.47 Å². The molecule has 0 radical (unpaired) electrons. The molecule has 1 unspecified atom stereocenters. The van der Waals surface area contributed by atoms with Gasteiger partial charge in [-0.3, -0.25) is 0 Å². The van der Waals surface area contributed by atoms with Gasteiger partial charge in [0.05, 0.1) is 0 Å². The molecule has 1 saturated carbocycles. The van der Waals surface area contributed by atoms with Gasteiger partial charge in [-0.25, -0.2) is 0 Å². The first-order valence-electron chi connectivity index (χ1n) is 4.74. The van der Waals surface area contributed by atoms with Crippen LogP contribution in [-0.2, 0) is 9.47 Å². The summed E-state index contributed by atoms with van der Waals surface area (Å²) in [6.07, 6.45) is 3.33. The summed E-state index contributed by atoms with van der Waals surface area (Å²) >= 11 is 0. The van der Waals surface area contributed by atoms with Crippen molar-refractivity contribution in [1.82, 2.24) is 0 Å². The fraction of sp³-hybridized carbons (Fsp3) is 1.00. The number of rotatable bonds is 3. The van der Waals surface area contributed by atoms with E-state index in [4.69, 9.17) is 9.47 Å². The maximum atomic E-state index is 5.41. The molecule has 0 saturated heterocycles. The van der Waals surface area contributed by atoms with Gasteiger partial charge >= 0.3 is 0 Å². The van der Waals surface area contributed by atoms with Crippen molar-refractivity contribution in [3.8, 4) is 0 Å². The van der Waals surface area contributed by atoms with E-state index in [2.05, 4.69) is 13.8 Å². The Labute approximate surface area is 75.2 Å². The smallest absolute Gasteiger partial charge is 0.167 e. The summed E-state index contributed by atoms with van der Waals surface area (Å²) in [6.45, 7) is 4.54. The van der Waals surface area contributed by atoms with Crippen LogP contribution in [0.5, 0.6) is 0 Å². The Balaban J connectivity index is 2.52. The van der Waals surface area contributed by atoms with E-state index in [1.54, 1.807) is 14.2 Å². The van der Waals surface area contributed by atoms with E-state index in [0.717, 1.165) is 24.7 Å². The predicted molar refractivity (Wildman–Crippen MR) is 48.9 cm³/mol. The average molecular weight is 172 g/mol. The highest BCUT2D eigenvalue weighted by Gasteiger charge is 2.40. The Morgan fingerprint density at radius 2 is 1.83 bits per heavy atom. The zero-order chi connectivity index (χ0) is 9.19. The highest BCUT2D eigenvalue weighted by Crippen LogP contribution is 2.40. The summed E-state index contributed by atoms with van der Waals surface area (Å²) in [7, 11) is 3.48. The lowest BCUT2D eigenvalue weighted by Gasteiger charge is -2.26. The van der Waals surface area contributed by atoms with Crippen LogP contribution in [0.25, 0.3) is 0 Å². The van der Waals surface area contributed by atoms with E-state index < -0.39 is 0 Å². The minimum absolute atomic E-state index is 0.269. The molecule has 0 N–H and O–H groups in total. The van der Waals surface area contributed by atoms with E-state index in [-0.39, 0.29) is 5.79 Å². The highest BCUT2D eigenvalue weighted by atomic mass is 16.7. The fourth-order valence-corrected chi connectivity index (χ4v) is 2.03. The second-order valence-electron chi connectivity index (χ2n) is 4.07. The normalized spacial score (nSPS) is 28.2. The standard InChI is InChI=1S/C10H20O2/c1-8(2)9-5-6-10(7-9,11-3)12-4/h8-9H,5-7H2,1-4H3. The zero-order valence-electron chi connectivity index (χ0n) is 8.59. The van der Waals surface area contributed by atoms with Gasteiger partial charge in [0.2, 0.25) is 0 Å². The van der Waals surface area contributed by atoms with Crippen molar-refractivity contribution in [2.24, 2.45) is 11.8 Å². The fourth-order valence-electron chi connectivity index (χ4n) is 2.03. The number of hydrogen-bond donors (Lipinski definition) is 0. The Morgan fingerprint density at radius 1 is 1.25 bits per heavy atom. The second-order valence-corrected chi connectivity index (χ2v) is 4.07. The Bertz CT molecular complexity index is 139. The molecule has 0 heterocycles. The summed E-state index contributed by atoms with van der Waals surface area (Å²) in [4.78, 5) is 0. The third kappa shape index (κ3) is 1.80. The SMILES string of the molecule is COC1(OC)CCC(C(C)C)C1. The maximum absolute atomic E-state index is 5.41. The lowest BCUT2D eigenvalue weighted by Crippen LogP contribution is -2.30. The molecule has 2 heteroatoms. The van der Waals surface area contributed by atoms with E-state index in [0.29, 0.717) is 0 Å². The first-order chi connectivity index (χ1) is 5.63. The van der Waals surface area contributed by atoms with Crippen LogP contribution in [0.1, 0.15) is 33.1 Å². The number of methoxy groups -OCH3 is 2. The molecule has 12 heavy (non-hydrogen) atoms. The van der Waals surface area contributed by atoms with Gasteiger partial charge in [-0.05, 0) is 18.3 Å². The van der Waals surface area contributed by atoms with Gasteiger partial charge in [0.15, 0.2) is 5.79 Å². The van der Waals surface area contributed by atoms with Crippen LogP contribution in [-0.4, -0.2) is 20.0 Å². The van der Waals surface area contributed by atoms with Gasteiger partial charge in [0.25, 0.3) is 0 Å². The lowest BCUT2D eigenvalue weighted by molar-refractivity contribution is -0.203. The maximum Gasteiger partial charge on any atom is 0.167 e. The zero-order valence-corrected chi connectivity index (χ0v) is 8.59. The van der Waals surface area contributed by atoms with Crippen molar-refractivity contribution in [1.29, 1.82) is 0 Å². The largest absolute Gasteiger partial charge is 0.353 e. The minimum atomic E-state index is -0.269. The molecule has 1 fully saturated rings. The molecule has 0 aromatic heterocycles. The quantitative estimate of drug-likeness (QED) is 0.609. The molecule has 0 bridgehead atoms. The van der Waals surface area contributed by atoms with E-state index in [1.807, 2.05) is 0 Å². The molecular formula is C10H20O2. The Hall–Kier alpha value is -0.0800. The summed E-state index contributed by atoms with van der Waals surface area (Å²) in [5.41, 5.74) is 0. The summed E-state index contributed by atoms with van der Waals surface area (Å²) in [6, 6.07) is 0. The molecule has 0 aromatic carbocycles. The van der Waals surface area contributed by atoms with Crippen LogP contribution in [0.4, 0.5) is 0 Å². The van der Waals surface area contributed by atoms with Gasteiger partial charge in [-0.1, -0.05) is 13.8 Å². The van der Waals surface area contributed by atoms with Crippen molar-refractivity contribution in [3.63, 3.8) is 0 Å². The van der Waals surface area contributed by atoms with Crippen molar-refractivity contribution in [3.05, 3.63) is 0 Å². The molecule has 0 aliphatic heterocycles. The molecule has 1 aliphatic rings. The van der Waals surface area contributed by atoms with Crippen LogP contribution in [0.15, 0.2) is 0 Å². The van der Waals surface area contributed by atoms with Crippen molar-refractivity contribution in [2.45, 2.75) is 38.9 Å². The third-order valence-corrected chi connectivity index (χ3v) is 3.16. The van der Waals surface area contributed by atoms with E-state index in [1.165, 1.54) is 6.42 Å². The van der Waals surface area contributed by atoms with Crippen molar-refractivity contribution in [2.75, 3.05) is 14.2 Å².